The largest absolute Gasteiger partial charge is 0.378 e. The van der Waals surface area contributed by atoms with Gasteiger partial charge >= 0.3 is 6.03 Å². The van der Waals surface area contributed by atoms with Crippen LogP contribution in [0.2, 0.25) is 5.02 Å². The Morgan fingerprint density at radius 2 is 2.09 bits per heavy atom. The molecule has 0 aromatic heterocycles. The van der Waals surface area contributed by atoms with Crippen LogP contribution in [0.5, 0.6) is 0 Å². The third-order valence-corrected chi connectivity index (χ3v) is 4.23. The average Bonchev–Trinajstić information content (AvgIpc) is 2.53. The number of nitrogens with zero attached hydrogens (tertiary/aromatic N) is 2. The van der Waals surface area contributed by atoms with Crippen molar-refractivity contribution in [1.29, 1.82) is 0 Å². The number of halogens is 1. The van der Waals surface area contributed by atoms with Crippen LogP contribution in [0.4, 0.5) is 16.2 Å². The van der Waals surface area contributed by atoms with Crippen LogP contribution in [0.3, 0.4) is 0 Å². The first-order valence-electron chi connectivity index (χ1n) is 7.81. The lowest BCUT2D eigenvalue weighted by Gasteiger charge is -2.30. The number of ether oxygens (including phenoxy) is 1. The molecule has 7 heteroatoms. The van der Waals surface area contributed by atoms with Gasteiger partial charge in [0.05, 0.1) is 24.6 Å². The van der Waals surface area contributed by atoms with E-state index in [2.05, 4.69) is 27.4 Å². The summed E-state index contributed by atoms with van der Waals surface area (Å²) in [6, 6.07) is 5.59. The van der Waals surface area contributed by atoms with E-state index in [1.54, 1.807) is 6.07 Å². The fourth-order valence-electron chi connectivity index (χ4n) is 2.28. The Hall–Kier alpha value is -1.50. The van der Waals surface area contributed by atoms with Crippen molar-refractivity contribution in [2.75, 3.05) is 57.2 Å². The molecule has 1 heterocycles. The van der Waals surface area contributed by atoms with Crippen molar-refractivity contribution in [3.63, 3.8) is 0 Å². The second-order valence-corrected chi connectivity index (χ2v) is 6.34. The van der Waals surface area contributed by atoms with Gasteiger partial charge in [-0.3, -0.25) is 0 Å². The third-order valence-electron chi connectivity index (χ3n) is 4.00. The Bertz CT molecular complexity index is 533. The van der Waals surface area contributed by atoms with E-state index in [9.17, 15) is 4.79 Å². The normalized spacial score (nSPS) is 16.3. The quantitative estimate of drug-likeness (QED) is 0.863. The third kappa shape index (κ3) is 5.27. The van der Waals surface area contributed by atoms with Crippen LogP contribution in [0, 0.1) is 0 Å². The minimum absolute atomic E-state index is 0.226. The highest BCUT2D eigenvalue weighted by Gasteiger charge is 2.17. The molecule has 2 N–H and O–H groups in total. The van der Waals surface area contributed by atoms with Crippen LogP contribution in [-0.2, 0) is 4.74 Å². The topological polar surface area (TPSA) is 56.8 Å². The number of benzene rings is 1. The van der Waals surface area contributed by atoms with E-state index in [0.29, 0.717) is 24.8 Å². The summed E-state index contributed by atoms with van der Waals surface area (Å²) in [5.41, 5.74) is 1.68. The number of hydrogen-bond acceptors (Lipinski definition) is 4. The lowest BCUT2D eigenvalue weighted by molar-refractivity contribution is 0.123. The van der Waals surface area contributed by atoms with E-state index >= 15 is 0 Å². The zero-order chi connectivity index (χ0) is 16.8. The molecule has 0 spiro atoms. The van der Waals surface area contributed by atoms with Gasteiger partial charge in [0.25, 0.3) is 0 Å². The second-order valence-electron chi connectivity index (χ2n) is 5.91. The van der Waals surface area contributed by atoms with Gasteiger partial charge in [0.15, 0.2) is 0 Å². The number of nitrogens with one attached hydrogen (secondary N) is 2. The Kier molecular flexibility index (Phi) is 6.50. The molecule has 1 saturated heterocycles. The SMILES string of the molecule is CC(CNC(=O)Nc1cc(Cl)ccc1N1CCOCC1)N(C)C. The van der Waals surface area contributed by atoms with E-state index in [-0.39, 0.29) is 12.1 Å². The second kappa shape index (κ2) is 8.38. The number of carbonyl (C=O) groups excluding carboxylic acids is 1. The van der Waals surface area contributed by atoms with E-state index in [1.165, 1.54) is 0 Å². The summed E-state index contributed by atoms with van der Waals surface area (Å²) in [4.78, 5) is 16.4. The summed E-state index contributed by atoms with van der Waals surface area (Å²) in [6.07, 6.45) is 0. The number of anilines is 2. The smallest absolute Gasteiger partial charge is 0.319 e. The molecule has 2 rings (SSSR count). The van der Waals surface area contributed by atoms with Gasteiger partial charge in [0.1, 0.15) is 0 Å². The Labute approximate surface area is 142 Å². The maximum atomic E-state index is 12.2. The molecule has 2 amide bonds. The number of carbonyl (C=O) groups is 1. The monoisotopic (exact) mass is 340 g/mol. The highest BCUT2D eigenvalue weighted by molar-refractivity contribution is 6.31. The summed E-state index contributed by atoms with van der Waals surface area (Å²) >= 11 is 6.09. The summed E-state index contributed by atoms with van der Waals surface area (Å²) < 4.78 is 5.38. The number of hydrogen-bond donors (Lipinski definition) is 2. The number of morpholine rings is 1. The minimum atomic E-state index is -0.226. The molecular weight excluding hydrogens is 316 g/mol. The molecule has 0 aliphatic carbocycles. The van der Waals surface area contributed by atoms with Crippen molar-refractivity contribution < 1.29 is 9.53 Å². The van der Waals surface area contributed by atoms with E-state index < -0.39 is 0 Å². The number of likely N-dealkylation sites (N-methyl/N-ethyl adjacent to an activating group) is 1. The zero-order valence-corrected chi connectivity index (χ0v) is 14.7. The fraction of sp³-hybridized carbons (Fsp3) is 0.562. The summed E-state index contributed by atoms with van der Waals surface area (Å²) in [6.45, 7) is 5.61. The first kappa shape index (κ1) is 17.8. The van der Waals surface area contributed by atoms with Gasteiger partial charge in [-0.15, -0.1) is 0 Å². The number of urea groups is 1. The van der Waals surface area contributed by atoms with Gasteiger partial charge in [-0.1, -0.05) is 11.6 Å². The lowest BCUT2D eigenvalue weighted by Crippen LogP contribution is -2.40. The van der Waals surface area contributed by atoms with Crippen LogP contribution in [-0.4, -0.2) is 63.9 Å². The lowest BCUT2D eigenvalue weighted by atomic mass is 10.2. The predicted octanol–water partition coefficient (Wildman–Crippen LogP) is 2.25. The molecule has 1 fully saturated rings. The van der Waals surface area contributed by atoms with Crippen molar-refractivity contribution in [3.05, 3.63) is 23.2 Å². The van der Waals surface area contributed by atoms with Gasteiger partial charge in [0.2, 0.25) is 0 Å². The van der Waals surface area contributed by atoms with Crippen LogP contribution in [0.25, 0.3) is 0 Å². The van der Waals surface area contributed by atoms with Crippen molar-refractivity contribution in [3.8, 4) is 0 Å². The van der Waals surface area contributed by atoms with Crippen molar-refractivity contribution >= 4 is 29.0 Å². The van der Waals surface area contributed by atoms with Crippen LogP contribution < -0.4 is 15.5 Å². The van der Waals surface area contributed by atoms with Gasteiger partial charge < -0.3 is 25.2 Å². The number of rotatable bonds is 5. The molecule has 0 bridgehead atoms. The Morgan fingerprint density at radius 3 is 2.74 bits per heavy atom. The molecule has 0 saturated carbocycles. The fourth-order valence-corrected chi connectivity index (χ4v) is 2.45. The van der Waals surface area contributed by atoms with Crippen LogP contribution in [0.15, 0.2) is 18.2 Å². The van der Waals surface area contributed by atoms with Crippen molar-refractivity contribution in [2.24, 2.45) is 0 Å². The first-order valence-corrected chi connectivity index (χ1v) is 8.18. The zero-order valence-electron chi connectivity index (χ0n) is 13.9. The van der Waals surface area contributed by atoms with Crippen molar-refractivity contribution in [1.82, 2.24) is 10.2 Å². The maximum Gasteiger partial charge on any atom is 0.319 e. The van der Waals surface area contributed by atoms with Gasteiger partial charge in [-0.2, -0.15) is 0 Å². The molecule has 1 unspecified atom stereocenters. The molecule has 0 radical (unpaired) electrons. The molecule has 1 aliphatic rings. The molecule has 128 valence electrons. The molecule has 1 aliphatic heterocycles. The van der Waals surface area contributed by atoms with E-state index in [0.717, 1.165) is 24.5 Å². The molecule has 23 heavy (non-hydrogen) atoms. The van der Waals surface area contributed by atoms with E-state index in [4.69, 9.17) is 16.3 Å². The standard InChI is InChI=1S/C16H25ClN4O2/c1-12(20(2)3)11-18-16(22)19-14-10-13(17)4-5-15(14)21-6-8-23-9-7-21/h4-5,10,12H,6-9,11H2,1-3H3,(H2,18,19,22). The summed E-state index contributed by atoms with van der Waals surface area (Å²) in [7, 11) is 3.97. The maximum absolute atomic E-state index is 12.2. The molecular formula is C16H25ClN4O2. The predicted molar refractivity (Wildman–Crippen MR) is 94.7 cm³/mol. The van der Waals surface area contributed by atoms with Gasteiger partial charge in [-0.25, -0.2) is 4.79 Å². The van der Waals surface area contributed by atoms with Crippen LogP contribution >= 0.6 is 11.6 Å². The average molecular weight is 341 g/mol. The van der Waals surface area contributed by atoms with Crippen LogP contribution in [0.1, 0.15) is 6.92 Å². The minimum Gasteiger partial charge on any atom is -0.378 e. The first-order chi connectivity index (χ1) is 11.0. The van der Waals surface area contributed by atoms with E-state index in [1.807, 2.05) is 26.2 Å². The van der Waals surface area contributed by atoms with Gasteiger partial charge in [-0.05, 0) is 39.2 Å². The molecule has 1 aromatic carbocycles. The highest BCUT2D eigenvalue weighted by Crippen LogP contribution is 2.29. The molecule has 1 atom stereocenters. The Morgan fingerprint density at radius 1 is 1.39 bits per heavy atom. The summed E-state index contributed by atoms with van der Waals surface area (Å²) in [5.74, 6) is 0. The van der Waals surface area contributed by atoms with Gasteiger partial charge in [0, 0.05) is 30.7 Å². The molecule has 1 aromatic rings. The Balaban J connectivity index is 2.03. The highest BCUT2D eigenvalue weighted by atomic mass is 35.5. The van der Waals surface area contributed by atoms with Crippen molar-refractivity contribution in [2.45, 2.75) is 13.0 Å². The number of amides is 2. The summed E-state index contributed by atoms with van der Waals surface area (Å²) in [5, 5.41) is 6.39. The molecule has 6 nitrogen and oxygen atoms in total.